The summed E-state index contributed by atoms with van der Waals surface area (Å²) in [5.41, 5.74) is 18.9. The number of para-hydroxylation sites is 1. The van der Waals surface area contributed by atoms with Gasteiger partial charge in [0.05, 0.1) is 16.6 Å². The molecule has 0 spiro atoms. The lowest BCUT2D eigenvalue weighted by molar-refractivity contribution is 0.799. The second-order valence-electron chi connectivity index (χ2n) is 14.5. The molecule has 5 aromatic carbocycles. The Kier molecular flexibility index (Phi) is 16.7. The standard InChI is InChI=1S/C31H27N.C24H28N2S.C2H6/c1-5-7-8-13-21(3)20-22(4)29-26-16-11-12-17-27(26)32-28-19-18-23-14-9-10-15-25(23)30(28)24(6-2)31(29)32;1-5-8-11-19(6-2)20-14-16-21(17-15-20)26-27-24-13-10-9-12-22(24)18(4)23(25)7-3;1-2/h5-19H,2-3,20H2,1,4H3;5-6,8-17,23,26H,2,4,7,25H2,1,3H3;1-2H3/b7-5-,13-8-,29-22-;8-5-,19-11+;. The molecule has 2 aromatic heterocycles. The monoisotopic (exact) mass is 819 g/mol. The van der Waals surface area contributed by atoms with Crippen molar-refractivity contribution in [1.29, 1.82) is 0 Å². The minimum absolute atomic E-state index is 0.0210. The Morgan fingerprint density at radius 2 is 1.46 bits per heavy atom. The summed E-state index contributed by atoms with van der Waals surface area (Å²) >= 11 is 1.58. The number of hydrogen-bond donors (Lipinski definition) is 2. The molecule has 0 saturated heterocycles. The molecule has 0 saturated carbocycles. The lowest BCUT2D eigenvalue weighted by Crippen LogP contribution is -2.20. The van der Waals surface area contributed by atoms with E-state index in [0.717, 1.165) is 51.3 Å². The molecule has 1 unspecified atom stereocenters. The van der Waals surface area contributed by atoms with Crippen molar-refractivity contribution in [2.24, 2.45) is 5.73 Å². The van der Waals surface area contributed by atoms with Crippen LogP contribution in [0.5, 0.6) is 0 Å². The first-order chi connectivity index (χ1) is 29.8. The van der Waals surface area contributed by atoms with Gasteiger partial charge in [-0.15, -0.1) is 0 Å². The molecule has 3 N–H and O–H groups in total. The number of nitrogens with two attached hydrogens (primary N) is 1. The average Bonchev–Trinajstić information content (AvgIpc) is 3.82. The van der Waals surface area contributed by atoms with E-state index in [2.05, 4.69) is 165 Å². The van der Waals surface area contributed by atoms with Crippen molar-refractivity contribution in [2.75, 3.05) is 4.72 Å². The van der Waals surface area contributed by atoms with E-state index in [-0.39, 0.29) is 6.04 Å². The summed E-state index contributed by atoms with van der Waals surface area (Å²) in [6, 6.07) is 38.3. The first kappa shape index (κ1) is 45.7. The predicted molar refractivity (Wildman–Crippen MR) is 276 cm³/mol. The van der Waals surface area contributed by atoms with Crippen molar-refractivity contribution in [3.8, 4) is 0 Å². The van der Waals surface area contributed by atoms with Crippen LogP contribution in [0, 0.1) is 0 Å². The summed E-state index contributed by atoms with van der Waals surface area (Å²) in [6.45, 7) is 28.9. The molecule has 3 nitrogen and oxygen atoms in total. The van der Waals surface area contributed by atoms with Crippen LogP contribution in [0.25, 0.3) is 60.9 Å². The van der Waals surface area contributed by atoms with Gasteiger partial charge in [-0.05, 0) is 109 Å². The van der Waals surface area contributed by atoms with Crippen molar-refractivity contribution in [1.82, 2.24) is 4.40 Å². The van der Waals surface area contributed by atoms with Crippen LogP contribution < -0.4 is 15.7 Å². The highest BCUT2D eigenvalue weighted by atomic mass is 32.2. The second kappa shape index (κ2) is 22.3. The van der Waals surface area contributed by atoms with E-state index in [1.807, 2.05) is 76.3 Å². The molecule has 7 aromatic rings. The Balaban J connectivity index is 0.000000226. The summed E-state index contributed by atoms with van der Waals surface area (Å²) in [5, 5.41) is 6.39. The van der Waals surface area contributed by atoms with Gasteiger partial charge >= 0.3 is 0 Å². The van der Waals surface area contributed by atoms with Gasteiger partial charge < -0.3 is 14.9 Å². The fourth-order valence-corrected chi connectivity index (χ4v) is 8.43. The normalized spacial score (nSPS) is 12.7. The molecule has 0 aliphatic heterocycles. The molecule has 0 aliphatic carbocycles. The molecule has 61 heavy (non-hydrogen) atoms. The van der Waals surface area contributed by atoms with Crippen LogP contribution in [-0.4, -0.2) is 10.4 Å². The Bertz CT molecular complexity index is 2840. The topological polar surface area (TPSA) is 42.5 Å². The van der Waals surface area contributed by atoms with Crippen LogP contribution in [0.2, 0.25) is 0 Å². The number of benzene rings is 5. The number of fused-ring (bicyclic) bond motifs is 7. The first-order valence-corrected chi connectivity index (χ1v) is 22.1. The van der Waals surface area contributed by atoms with E-state index in [0.29, 0.717) is 0 Å². The Morgan fingerprint density at radius 3 is 2.15 bits per heavy atom. The molecular formula is C57H61N3S. The molecule has 1 atom stereocenters. The van der Waals surface area contributed by atoms with Crippen molar-refractivity contribution >= 4 is 78.5 Å². The summed E-state index contributed by atoms with van der Waals surface area (Å²) in [4.78, 5) is 1.12. The van der Waals surface area contributed by atoms with Crippen molar-refractivity contribution < 1.29 is 0 Å². The third-order valence-corrected chi connectivity index (χ3v) is 11.5. The van der Waals surface area contributed by atoms with Crippen LogP contribution in [0.4, 0.5) is 5.69 Å². The third kappa shape index (κ3) is 10.3. The van der Waals surface area contributed by atoms with E-state index < -0.39 is 0 Å². The number of nitrogens with one attached hydrogen (secondary N) is 1. The van der Waals surface area contributed by atoms with E-state index in [4.69, 9.17) is 5.73 Å². The van der Waals surface area contributed by atoms with E-state index in [9.17, 15) is 0 Å². The number of anilines is 1. The van der Waals surface area contributed by atoms with E-state index in [1.54, 1.807) is 11.9 Å². The largest absolute Gasteiger partial charge is 0.326 e. The maximum Gasteiger partial charge on any atom is 0.0620 e. The summed E-state index contributed by atoms with van der Waals surface area (Å²) in [6.07, 6.45) is 19.9. The summed E-state index contributed by atoms with van der Waals surface area (Å²) in [7, 11) is 0. The zero-order valence-electron chi connectivity index (χ0n) is 36.8. The molecule has 0 aliphatic rings. The van der Waals surface area contributed by atoms with Crippen LogP contribution in [0.1, 0.15) is 71.1 Å². The highest BCUT2D eigenvalue weighted by Gasteiger charge is 2.19. The number of allylic oxidation sites excluding steroid dienone is 10. The zero-order chi connectivity index (χ0) is 43.9. The maximum absolute atomic E-state index is 6.17. The van der Waals surface area contributed by atoms with Gasteiger partial charge in [-0.1, -0.05) is 192 Å². The Hall–Kier alpha value is -6.33. The molecule has 0 radical (unpaired) electrons. The highest BCUT2D eigenvalue weighted by Crippen LogP contribution is 2.36. The number of hydrogen-bond acceptors (Lipinski definition) is 3. The van der Waals surface area contributed by atoms with Gasteiger partial charge in [-0.25, -0.2) is 0 Å². The predicted octanol–water partition coefficient (Wildman–Crippen LogP) is 15.7. The van der Waals surface area contributed by atoms with Gasteiger partial charge in [0, 0.05) is 38.2 Å². The molecule has 0 fully saturated rings. The third-order valence-electron chi connectivity index (χ3n) is 10.6. The van der Waals surface area contributed by atoms with E-state index >= 15 is 0 Å². The smallest absolute Gasteiger partial charge is 0.0620 e. The van der Waals surface area contributed by atoms with Crippen LogP contribution in [0.15, 0.2) is 195 Å². The lowest BCUT2D eigenvalue weighted by Gasteiger charge is -2.16. The second-order valence-corrected chi connectivity index (χ2v) is 15.4. The minimum atomic E-state index is -0.0210. The molecule has 0 bridgehead atoms. The summed E-state index contributed by atoms with van der Waals surface area (Å²) < 4.78 is 5.84. The molecule has 310 valence electrons. The number of nitrogens with zero attached hydrogens (tertiary/aromatic N) is 1. The van der Waals surface area contributed by atoms with Crippen LogP contribution in [0.3, 0.4) is 0 Å². The van der Waals surface area contributed by atoms with E-state index in [1.165, 1.54) is 54.5 Å². The van der Waals surface area contributed by atoms with Gasteiger partial charge in [0.2, 0.25) is 0 Å². The molecule has 7 rings (SSSR count). The van der Waals surface area contributed by atoms with Gasteiger partial charge in [0.1, 0.15) is 0 Å². The average molecular weight is 820 g/mol. The first-order valence-electron chi connectivity index (χ1n) is 21.2. The fraction of sp³-hybridized carbons (Fsp3) is 0.158. The Labute approximate surface area is 368 Å². The minimum Gasteiger partial charge on any atom is -0.326 e. The lowest BCUT2D eigenvalue weighted by atomic mass is 9.99. The van der Waals surface area contributed by atoms with Gasteiger partial charge in [0.15, 0.2) is 0 Å². The maximum atomic E-state index is 6.17. The zero-order valence-corrected chi connectivity index (χ0v) is 37.7. The molecule has 4 heteroatoms. The van der Waals surface area contributed by atoms with Crippen molar-refractivity contribution in [3.05, 3.63) is 212 Å². The van der Waals surface area contributed by atoms with Crippen molar-refractivity contribution in [3.63, 3.8) is 0 Å². The highest BCUT2D eigenvalue weighted by molar-refractivity contribution is 8.00. The quantitative estimate of drug-likeness (QED) is 0.0848. The molecular weight excluding hydrogens is 759 g/mol. The van der Waals surface area contributed by atoms with Crippen LogP contribution >= 0.6 is 11.9 Å². The summed E-state index contributed by atoms with van der Waals surface area (Å²) in [5.74, 6) is 0. The Morgan fingerprint density at radius 1 is 0.787 bits per heavy atom. The van der Waals surface area contributed by atoms with Gasteiger partial charge in [-0.2, -0.15) is 0 Å². The number of rotatable bonds is 14. The number of aromatic nitrogens is 1. The fourth-order valence-electron chi connectivity index (χ4n) is 7.61. The van der Waals surface area contributed by atoms with Crippen molar-refractivity contribution in [2.45, 2.75) is 65.3 Å². The van der Waals surface area contributed by atoms with Crippen LogP contribution in [-0.2, 0) is 0 Å². The molecule has 0 amide bonds. The van der Waals surface area contributed by atoms with Gasteiger partial charge in [-0.3, -0.25) is 0 Å². The van der Waals surface area contributed by atoms with Gasteiger partial charge in [0.25, 0.3) is 0 Å². The SMILES string of the molecule is C=C/C(=C\C=C/C)c1ccc(NSc2ccccc2C(=C)C(N)CC)cc1.C=Cc1c2c3ccccc3ccc2n2c1/c(=C(/C)CC(=C)/C=C\C=C/C)c1ccccc12.CC. The molecule has 2 heterocycles.